The Bertz CT molecular complexity index is 1160. The molecule has 6 heteroatoms. The number of hydrogen-bond acceptors (Lipinski definition) is 5. The fraction of sp³-hybridized carbons (Fsp3) is 0.622. The molecule has 3 saturated heterocycles. The predicted molar refractivity (Wildman–Crippen MR) is 174 cm³/mol. The Morgan fingerprint density at radius 1 is 0.791 bits per heavy atom. The third-order valence-corrected chi connectivity index (χ3v) is 9.76. The number of Topliss-reactive ketones (excluding diaryl/α,β-unsaturated/α-hetero) is 1. The van der Waals surface area contributed by atoms with E-state index in [1.165, 1.54) is 42.5 Å². The van der Waals surface area contributed by atoms with Crippen molar-refractivity contribution in [1.82, 2.24) is 9.80 Å². The van der Waals surface area contributed by atoms with E-state index in [1.54, 1.807) is 0 Å². The van der Waals surface area contributed by atoms with Crippen LogP contribution in [0.25, 0.3) is 0 Å². The van der Waals surface area contributed by atoms with Crippen LogP contribution < -0.4 is 4.90 Å². The molecule has 3 aliphatic rings. The van der Waals surface area contributed by atoms with E-state index < -0.39 is 5.60 Å². The normalized spacial score (nSPS) is 21.1. The fourth-order valence-corrected chi connectivity index (χ4v) is 7.39. The van der Waals surface area contributed by atoms with Gasteiger partial charge in [0, 0.05) is 57.8 Å². The highest BCUT2D eigenvalue weighted by Gasteiger charge is 2.32. The number of benzene rings is 2. The van der Waals surface area contributed by atoms with Gasteiger partial charge in [-0.05, 0) is 113 Å². The van der Waals surface area contributed by atoms with Crippen LogP contribution in [0.4, 0.5) is 10.5 Å². The summed E-state index contributed by atoms with van der Waals surface area (Å²) in [5, 5.41) is 0. The Hall–Kier alpha value is -2.86. The van der Waals surface area contributed by atoms with Gasteiger partial charge in [-0.3, -0.25) is 9.69 Å². The molecule has 0 aromatic heterocycles. The number of rotatable bonds is 9. The van der Waals surface area contributed by atoms with Crippen LogP contribution in [-0.2, 0) is 22.5 Å². The minimum atomic E-state index is -0.431. The summed E-state index contributed by atoms with van der Waals surface area (Å²) >= 11 is 0. The topological polar surface area (TPSA) is 53.1 Å². The number of piperidine rings is 3. The first-order valence-corrected chi connectivity index (χ1v) is 16.8. The molecular formula is C37H53N3O3. The number of anilines is 1. The van der Waals surface area contributed by atoms with Crippen molar-refractivity contribution in [2.45, 2.75) is 90.7 Å². The maximum atomic E-state index is 12.7. The lowest BCUT2D eigenvalue weighted by molar-refractivity contribution is -0.120. The molecule has 2 aromatic rings. The molecule has 0 N–H and O–H groups in total. The zero-order chi connectivity index (χ0) is 30.2. The van der Waals surface area contributed by atoms with Gasteiger partial charge < -0.3 is 14.5 Å². The summed E-state index contributed by atoms with van der Waals surface area (Å²) < 4.78 is 5.58. The van der Waals surface area contributed by atoms with Gasteiger partial charge in [0.25, 0.3) is 0 Å². The van der Waals surface area contributed by atoms with Crippen molar-refractivity contribution in [2.75, 3.05) is 44.2 Å². The second-order valence-electron chi connectivity index (χ2n) is 14.3. The van der Waals surface area contributed by atoms with Crippen molar-refractivity contribution in [1.29, 1.82) is 0 Å². The molecule has 3 heterocycles. The Morgan fingerprint density at radius 2 is 1.44 bits per heavy atom. The average Bonchev–Trinajstić information content (AvgIpc) is 3.00. The average molecular weight is 588 g/mol. The van der Waals surface area contributed by atoms with Gasteiger partial charge in [0.2, 0.25) is 0 Å². The molecule has 234 valence electrons. The number of likely N-dealkylation sites (tertiary alicyclic amines) is 2. The molecule has 0 bridgehead atoms. The molecule has 0 spiro atoms. The number of nitrogens with zero attached hydrogens (tertiary/aromatic N) is 3. The van der Waals surface area contributed by atoms with Crippen molar-refractivity contribution in [3.8, 4) is 0 Å². The number of ketones is 1. The molecule has 0 aliphatic carbocycles. The molecule has 6 nitrogen and oxygen atoms in total. The maximum absolute atomic E-state index is 12.7. The van der Waals surface area contributed by atoms with Crippen molar-refractivity contribution in [2.24, 2.45) is 17.8 Å². The summed E-state index contributed by atoms with van der Waals surface area (Å²) in [5.41, 5.74) is 3.53. The molecule has 3 aliphatic heterocycles. The summed E-state index contributed by atoms with van der Waals surface area (Å²) in [7, 11) is 0. The lowest BCUT2D eigenvalue weighted by Crippen LogP contribution is -2.44. The number of carbonyl (C=O) groups is 2. The third kappa shape index (κ3) is 9.56. The van der Waals surface area contributed by atoms with Gasteiger partial charge >= 0.3 is 6.09 Å². The van der Waals surface area contributed by atoms with Gasteiger partial charge in [0.05, 0.1) is 0 Å². The van der Waals surface area contributed by atoms with Gasteiger partial charge in [-0.15, -0.1) is 0 Å². The lowest BCUT2D eigenvalue weighted by atomic mass is 9.79. The highest BCUT2D eigenvalue weighted by Crippen LogP contribution is 2.34. The SMILES string of the molecule is CC(C)(C)OC(=O)N1CCC(C2CCN(c3ccc(CN4CCCC(CC(=O)CCc5ccccc5)C4)cc3)CC2)CC1. The second kappa shape index (κ2) is 14.7. The van der Waals surface area contributed by atoms with Crippen LogP contribution in [0.2, 0.25) is 0 Å². The van der Waals surface area contributed by atoms with E-state index in [0.717, 1.165) is 83.3 Å². The summed E-state index contributed by atoms with van der Waals surface area (Å²) in [6, 6.07) is 19.6. The minimum absolute atomic E-state index is 0.158. The molecule has 1 atom stereocenters. The van der Waals surface area contributed by atoms with Gasteiger partial charge in [-0.25, -0.2) is 4.79 Å². The van der Waals surface area contributed by atoms with E-state index in [-0.39, 0.29) is 6.09 Å². The summed E-state index contributed by atoms with van der Waals surface area (Å²) in [5.74, 6) is 2.38. The zero-order valence-electron chi connectivity index (χ0n) is 26.8. The Labute approximate surface area is 259 Å². The van der Waals surface area contributed by atoms with E-state index in [2.05, 4.69) is 58.3 Å². The number of carbonyl (C=O) groups excluding carboxylic acids is 2. The van der Waals surface area contributed by atoms with Crippen LogP contribution in [0.3, 0.4) is 0 Å². The molecule has 3 fully saturated rings. The van der Waals surface area contributed by atoms with Crippen molar-refractivity contribution in [3.63, 3.8) is 0 Å². The van der Waals surface area contributed by atoms with Crippen LogP contribution in [-0.4, -0.2) is 66.5 Å². The van der Waals surface area contributed by atoms with Gasteiger partial charge in [-0.2, -0.15) is 0 Å². The van der Waals surface area contributed by atoms with Crippen LogP contribution in [0.5, 0.6) is 0 Å². The number of amides is 1. The molecule has 1 amide bonds. The zero-order valence-corrected chi connectivity index (χ0v) is 26.8. The Morgan fingerprint density at radius 3 is 2.09 bits per heavy atom. The van der Waals surface area contributed by atoms with Gasteiger partial charge in [0.15, 0.2) is 0 Å². The van der Waals surface area contributed by atoms with E-state index in [1.807, 2.05) is 31.7 Å². The predicted octanol–water partition coefficient (Wildman–Crippen LogP) is 7.35. The fourth-order valence-electron chi connectivity index (χ4n) is 7.39. The smallest absolute Gasteiger partial charge is 0.410 e. The van der Waals surface area contributed by atoms with Crippen molar-refractivity contribution in [3.05, 3.63) is 65.7 Å². The molecule has 1 unspecified atom stereocenters. The number of aryl methyl sites for hydroxylation is 1. The van der Waals surface area contributed by atoms with Crippen LogP contribution in [0.15, 0.2) is 54.6 Å². The number of ether oxygens (including phenoxy) is 1. The van der Waals surface area contributed by atoms with Crippen LogP contribution in [0.1, 0.15) is 83.3 Å². The first-order chi connectivity index (χ1) is 20.7. The maximum Gasteiger partial charge on any atom is 0.410 e. The Kier molecular flexibility index (Phi) is 10.8. The van der Waals surface area contributed by atoms with Crippen LogP contribution in [0, 0.1) is 17.8 Å². The quantitative estimate of drug-likeness (QED) is 0.307. The first-order valence-electron chi connectivity index (χ1n) is 16.8. The standard InChI is InChI=1S/C37H53N3O3/c1-37(2,3)43-36(42)40-24-19-33(20-25-40)32-17-22-39(23-18-32)34-14-11-30(12-15-34)27-38-21-7-10-31(28-38)26-35(41)16-13-29-8-5-4-6-9-29/h4-6,8-9,11-12,14-15,31-33H,7,10,13,16-28H2,1-3H3. The highest BCUT2D eigenvalue weighted by atomic mass is 16.6. The Balaban J connectivity index is 1.01. The first kappa shape index (κ1) is 31.6. The van der Waals surface area contributed by atoms with E-state index >= 15 is 0 Å². The van der Waals surface area contributed by atoms with Crippen molar-refractivity contribution < 1.29 is 14.3 Å². The summed E-state index contributed by atoms with van der Waals surface area (Å²) in [4.78, 5) is 32.1. The molecule has 0 saturated carbocycles. The lowest BCUT2D eigenvalue weighted by Gasteiger charge is -2.41. The van der Waals surface area contributed by atoms with Crippen molar-refractivity contribution >= 4 is 17.6 Å². The molecular weight excluding hydrogens is 534 g/mol. The molecule has 43 heavy (non-hydrogen) atoms. The molecule has 0 radical (unpaired) electrons. The molecule has 5 rings (SSSR count). The number of hydrogen-bond donors (Lipinski definition) is 0. The summed E-state index contributed by atoms with van der Waals surface area (Å²) in [6.07, 6.45) is 9.10. The van der Waals surface area contributed by atoms with Crippen LogP contribution >= 0.6 is 0 Å². The largest absolute Gasteiger partial charge is 0.444 e. The van der Waals surface area contributed by atoms with Gasteiger partial charge in [-0.1, -0.05) is 42.5 Å². The minimum Gasteiger partial charge on any atom is -0.444 e. The van der Waals surface area contributed by atoms with E-state index in [4.69, 9.17) is 4.74 Å². The molecule has 2 aromatic carbocycles. The third-order valence-electron chi connectivity index (χ3n) is 9.76. The van der Waals surface area contributed by atoms with E-state index in [0.29, 0.717) is 18.1 Å². The summed E-state index contributed by atoms with van der Waals surface area (Å²) in [6.45, 7) is 12.8. The van der Waals surface area contributed by atoms with Gasteiger partial charge in [0.1, 0.15) is 11.4 Å². The monoisotopic (exact) mass is 587 g/mol. The highest BCUT2D eigenvalue weighted by molar-refractivity contribution is 5.78. The second-order valence-corrected chi connectivity index (χ2v) is 14.3. The van der Waals surface area contributed by atoms with E-state index in [9.17, 15) is 9.59 Å².